The Kier molecular flexibility index (Phi) is 8.87. The molecule has 0 aromatic heterocycles. The van der Waals surface area contributed by atoms with Gasteiger partial charge >= 0.3 is 0 Å². The molecule has 1 heterocycles. The number of hydrogen-bond acceptors (Lipinski definition) is 5. The first-order valence-corrected chi connectivity index (χ1v) is 13.9. The van der Waals surface area contributed by atoms with Gasteiger partial charge in [0.15, 0.2) is 11.5 Å². The number of benzene rings is 4. The summed E-state index contributed by atoms with van der Waals surface area (Å²) in [6.07, 6.45) is 1.99. The van der Waals surface area contributed by atoms with Gasteiger partial charge < -0.3 is 19.1 Å². The van der Waals surface area contributed by atoms with Gasteiger partial charge in [-0.05, 0) is 66.1 Å². The molecule has 1 saturated heterocycles. The number of fused-ring (bicyclic) bond motifs is 1. The van der Waals surface area contributed by atoms with Crippen LogP contribution in [-0.2, 0) is 13.1 Å². The Morgan fingerprint density at radius 2 is 1.68 bits per heavy atom. The van der Waals surface area contributed by atoms with Crippen molar-refractivity contribution < 1.29 is 19.0 Å². The van der Waals surface area contributed by atoms with Gasteiger partial charge in [0.25, 0.3) is 5.91 Å². The number of carbonyl (C=O) groups excluding carboxylic acids is 1. The second kappa shape index (κ2) is 12.9. The number of rotatable bonds is 10. The molecule has 6 heteroatoms. The van der Waals surface area contributed by atoms with Gasteiger partial charge in [-0.25, -0.2) is 0 Å². The predicted molar refractivity (Wildman–Crippen MR) is 159 cm³/mol. The summed E-state index contributed by atoms with van der Waals surface area (Å²) in [5.74, 6) is 2.15. The van der Waals surface area contributed by atoms with Gasteiger partial charge in [0.1, 0.15) is 5.75 Å². The number of amides is 1. The highest BCUT2D eigenvalue weighted by atomic mass is 16.5. The molecule has 208 valence electrons. The molecule has 40 heavy (non-hydrogen) atoms. The molecule has 4 aromatic rings. The lowest BCUT2D eigenvalue weighted by molar-refractivity contribution is 0.0629. The van der Waals surface area contributed by atoms with Crippen molar-refractivity contribution >= 4 is 16.7 Å². The lowest BCUT2D eigenvalue weighted by Crippen LogP contribution is -2.41. The normalized spacial score (nSPS) is 15.3. The second-order valence-corrected chi connectivity index (χ2v) is 10.6. The minimum absolute atomic E-state index is 0.0302. The van der Waals surface area contributed by atoms with Crippen molar-refractivity contribution in [3.63, 3.8) is 0 Å². The minimum Gasteiger partial charge on any atom is -0.493 e. The quantitative estimate of drug-likeness (QED) is 0.233. The Morgan fingerprint density at radius 3 is 2.48 bits per heavy atom. The Morgan fingerprint density at radius 1 is 0.900 bits per heavy atom. The van der Waals surface area contributed by atoms with E-state index in [1.54, 1.807) is 26.4 Å². The molecule has 4 aromatic carbocycles. The van der Waals surface area contributed by atoms with Crippen molar-refractivity contribution in [2.24, 2.45) is 5.92 Å². The Bertz CT molecular complexity index is 1430. The summed E-state index contributed by atoms with van der Waals surface area (Å²) in [6, 6.07) is 28.9. The number of hydrogen-bond donors (Lipinski definition) is 0. The lowest BCUT2D eigenvalue weighted by atomic mass is 9.98. The van der Waals surface area contributed by atoms with Crippen molar-refractivity contribution in [3.8, 4) is 17.2 Å². The van der Waals surface area contributed by atoms with Crippen molar-refractivity contribution in [2.45, 2.75) is 25.9 Å². The number of methoxy groups -OCH3 is 2. The van der Waals surface area contributed by atoms with E-state index in [-0.39, 0.29) is 11.8 Å². The zero-order chi connectivity index (χ0) is 27.9. The van der Waals surface area contributed by atoms with Crippen LogP contribution >= 0.6 is 0 Å². The van der Waals surface area contributed by atoms with E-state index in [1.807, 2.05) is 23.1 Å². The second-order valence-electron chi connectivity index (χ2n) is 10.6. The first-order valence-electron chi connectivity index (χ1n) is 13.9. The van der Waals surface area contributed by atoms with Gasteiger partial charge in [0, 0.05) is 32.1 Å². The van der Waals surface area contributed by atoms with E-state index in [2.05, 4.69) is 66.5 Å². The Hall–Kier alpha value is -4.03. The van der Waals surface area contributed by atoms with Crippen molar-refractivity contribution in [1.29, 1.82) is 0 Å². The third kappa shape index (κ3) is 6.40. The van der Waals surface area contributed by atoms with E-state index in [4.69, 9.17) is 14.2 Å². The summed E-state index contributed by atoms with van der Waals surface area (Å²) >= 11 is 0. The molecule has 1 amide bonds. The average molecular weight is 539 g/mol. The summed E-state index contributed by atoms with van der Waals surface area (Å²) in [5.41, 5.74) is 3.12. The smallest absolute Gasteiger partial charge is 0.257 e. The number of piperidine rings is 1. The van der Waals surface area contributed by atoms with E-state index in [9.17, 15) is 4.79 Å². The van der Waals surface area contributed by atoms with Crippen LogP contribution in [0.25, 0.3) is 10.8 Å². The van der Waals surface area contributed by atoms with E-state index in [1.165, 1.54) is 21.9 Å². The van der Waals surface area contributed by atoms with Crippen molar-refractivity contribution in [2.75, 3.05) is 41.0 Å². The highest BCUT2D eigenvalue weighted by Crippen LogP contribution is 2.32. The molecule has 1 aliphatic heterocycles. The zero-order valence-corrected chi connectivity index (χ0v) is 23.6. The third-order valence-corrected chi connectivity index (χ3v) is 7.62. The molecular formula is C34H38N2O4. The maximum atomic E-state index is 13.3. The highest BCUT2D eigenvalue weighted by Gasteiger charge is 2.27. The SMILES string of the molecule is COc1cccc(C(=O)N2CCC[C@H](COc3ccc(CN(C)Cc4cccc5ccccc45)cc3)C2)c1OC. The summed E-state index contributed by atoms with van der Waals surface area (Å²) < 4.78 is 17.0. The molecule has 1 aliphatic rings. The molecule has 5 rings (SSSR count). The Labute approximate surface area is 237 Å². The molecule has 0 radical (unpaired) electrons. The van der Waals surface area contributed by atoms with Crippen LogP contribution in [0.2, 0.25) is 0 Å². The van der Waals surface area contributed by atoms with Gasteiger partial charge in [-0.2, -0.15) is 0 Å². The van der Waals surface area contributed by atoms with Crippen LogP contribution in [0.3, 0.4) is 0 Å². The molecule has 1 fully saturated rings. The van der Waals surface area contributed by atoms with Crippen LogP contribution < -0.4 is 14.2 Å². The summed E-state index contributed by atoms with van der Waals surface area (Å²) in [6.45, 7) is 3.72. The molecule has 0 spiro atoms. The molecule has 0 saturated carbocycles. The molecule has 0 bridgehead atoms. The molecule has 0 unspecified atom stereocenters. The third-order valence-electron chi connectivity index (χ3n) is 7.62. The molecule has 1 atom stereocenters. The molecule has 6 nitrogen and oxygen atoms in total. The highest BCUT2D eigenvalue weighted by molar-refractivity contribution is 5.98. The standard InChI is InChI=1S/C34H38N2O4/c1-35(23-28-12-6-11-27-10-4-5-13-30(27)28)21-25-16-18-29(19-17-25)40-24-26-9-8-20-36(22-26)34(37)31-14-7-15-32(38-2)33(31)39-3/h4-7,10-19,26H,8-9,20-24H2,1-3H3/t26-/m0/s1. The number of likely N-dealkylation sites (tertiary alicyclic amines) is 1. The summed E-state index contributed by atoms with van der Waals surface area (Å²) in [4.78, 5) is 17.6. The number of ether oxygens (including phenoxy) is 3. The van der Waals surface area contributed by atoms with E-state index in [0.29, 0.717) is 30.2 Å². The van der Waals surface area contributed by atoms with Gasteiger partial charge in [0.2, 0.25) is 0 Å². The van der Waals surface area contributed by atoms with Gasteiger partial charge in [-0.15, -0.1) is 0 Å². The predicted octanol–water partition coefficient (Wildman–Crippen LogP) is 6.42. The van der Waals surface area contributed by atoms with Crippen LogP contribution in [-0.4, -0.2) is 56.7 Å². The summed E-state index contributed by atoms with van der Waals surface area (Å²) in [5, 5.41) is 2.59. The van der Waals surface area contributed by atoms with Crippen LogP contribution in [0.1, 0.15) is 34.3 Å². The average Bonchev–Trinajstić information content (AvgIpc) is 3.00. The fourth-order valence-corrected chi connectivity index (χ4v) is 5.61. The monoisotopic (exact) mass is 538 g/mol. The maximum Gasteiger partial charge on any atom is 0.257 e. The minimum atomic E-state index is -0.0302. The molecular weight excluding hydrogens is 500 g/mol. The topological polar surface area (TPSA) is 51.2 Å². The van der Waals surface area contributed by atoms with E-state index in [0.717, 1.165) is 38.2 Å². The van der Waals surface area contributed by atoms with Gasteiger partial charge in [-0.1, -0.05) is 60.7 Å². The van der Waals surface area contributed by atoms with E-state index < -0.39 is 0 Å². The number of carbonyl (C=O) groups is 1. The largest absolute Gasteiger partial charge is 0.493 e. The maximum absolute atomic E-state index is 13.3. The Balaban J connectivity index is 1.14. The lowest BCUT2D eigenvalue weighted by Gasteiger charge is -2.33. The van der Waals surface area contributed by atoms with E-state index >= 15 is 0 Å². The van der Waals surface area contributed by atoms with Crippen LogP contribution in [0.15, 0.2) is 84.9 Å². The molecule has 0 aliphatic carbocycles. The summed E-state index contributed by atoms with van der Waals surface area (Å²) in [7, 11) is 5.30. The first kappa shape index (κ1) is 27.5. The number of nitrogens with zero attached hydrogens (tertiary/aromatic N) is 2. The van der Waals surface area contributed by atoms with Gasteiger partial charge in [-0.3, -0.25) is 9.69 Å². The number of para-hydroxylation sites is 1. The van der Waals surface area contributed by atoms with Crippen LogP contribution in [0.4, 0.5) is 0 Å². The fraction of sp³-hybridized carbons (Fsp3) is 0.324. The van der Waals surface area contributed by atoms with Crippen molar-refractivity contribution in [3.05, 3.63) is 102 Å². The van der Waals surface area contributed by atoms with Crippen LogP contribution in [0, 0.1) is 5.92 Å². The van der Waals surface area contributed by atoms with Crippen LogP contribution in [0.5, 0.6) is 17.2 Å². The fourth-order valence-electron chi connectivity index (χ4n) is 5.61. The van der Waals surface area contributed by atoms with Gasteiger partial charge in [0.05, 0.1) is 26.4 Å². The zero-order valence-electron chi connectivity index (χ0n) is 23.6. The molecule has 0 N–H and O–H groups in total. The van der Waals surface area contributed by atoms with Crippen molar-refractivity contribution in [1.82, 2.24) is 9.80 Å². The first-order chi connectivity index (χ1) is 19.6.